The molecule has 6 heteroatoms. The Labute approximate surface area is 137 Å². The van der Waals surface area contributed by atoms with Crippen molar-refractivity contribution in [3.05, 3.63) is 65.5 Å². The first kappa shape index (κ1) is 17.8. The van der Waals surface area contributed by atoms with Gasteiger partial charge < -0.3 is 9.84 Å². The van der Waals surface area contributed by atoms with Crippen LogP contribution < -0.4 is 4.74 Å². The van der Waals surface area contributed by atoms with Gasteiger partial charge in [0.15, 0.2) is 18.2 Å². The van der Waals surface area contributed by atoms with E-state index in [2.05, 4.69) is 0 Å². The molecule has 0 radical (unpaired) electrons. The Bertz CT molecular complexity index is 702. The minimum absolute atomic E-state index is 0.223. The molecule has 0 heterocycles. The first-order valence-electron chi connectivity index (χ1n) is 7.43. The number of ether oxygens (including phenoxy) is 1. The average molecular weight is 338 g/mol. The number of rotatable bonds is 7. The molecule has 0 aliphatic carbocycles. The lowest BCUT2D eigenvalue weighted by molar-refractivity contribution is -0.138. The Morgan fingerprint density at radius 1 is 1.21 bits per heavy atom. The number of carbonyl (C=O) groups is 1. The van der Waals surface area contributed by atoms with Crippen molar-refractivity contribution in [3.63, 3.8) is 0 Å². The molecule has 3 nitrogen and oxygen atoms in total. The predicted molar refractivity (Wildman–Crippen MR) is 82.9 cm³/mol. The normalized spacial score (nSPS) is 12.7. The van der Waals surface area contributed by atoms with Crippen molar-refractivity contribution >= 4 is 5.97 Å². The molecule has 1 N–H and O–H groups in total. The topological polar surface area (TPSA) is 46.5 Å². The molecule has 0 fully saturated rings. The Morgan fingerprint density at radius 3 is 2.42 bits per heavy atom. The highest BCUT2D eigenvalue weighted by atomic mass is 19.3. The molecule has 24 heavy (non-hydrogen) atoms. The molecular weight excluding hydrogens is 321 g/mol. The summed E-state index contributed by atoms with van der Waals surface area (Å²) in [6.07, 6.45) is 0.293. The molecule has 2 aromatic carbocycles. The number of aliphatic carboxylic acids is 1. The second kappa shape index (κ2) is 7.38. The van der Waals surface area contributed by atoms with Crippen molar-refractivity contribution in [3.8, 4) is 5.75 Å². The lowest BCUT2D eigenvalue weighted by Crippen LogP contribution is -2.23. The van der Waals surface area contributed by atoms with E-state index < -0.39 is 30.2 Å². The van der Waals surface area contributed by atoms with Crippen LogP contribution in [0.4, 0.5) is 13.2 Å². The van der Waals surface area contributed by atoms with Crippen LogP contribution in [0.3, 0.4) is 0 Å². The summed E-state index contributed by atoms with van der Waals surface area (Å²) in [4.78, 5) is 11.1. The van der Waals surface area contributed by atoms with Crippen molar-refractivity contribution in [1.82, 2.24) is 0 Å². The van der Waals surface area contributed by atoms with Crippen molar-refractivity contribution in [2.24, 2.45) is 0 Å². The molecule has 2 rings (SSSR count). The maximum Gasteiger partial charge on any atom is 0.310 e. The molecule has 0 aromatic heterocycles. The fraction of sp³-hybridized carbons (Fsp3) is 0.278. The lowest BCUT2D eigenvalue weighted by Gasteiger charge is -2.18. The molecule has 0 saturated carbocycles. The van der Waals surface area contributed by atoms with Gasteiger partial charge >= 0.3 is 11.9 Å². The van der Waals surface area contributed by atoms with Crippen molar-refractivity contribution < 1.29 is 27.8 Å². The van der Waals surface area contributed by atoms with E-state index in [1.165, 1.54) is 36.4 Å². The van der Waals surface area contributed by atoms with Crippen LogP contribution in [0.15, 0.2) is 48.5 Å². The second-order valence-electron chi connectivity index (χ2n) is 5.35. The van der Waals surface area contributed by atoms with Gasteiger partial charge in [-0.25, -0.2) is 4.39 Å². The molecule has 1 unspecified atom stereocenters. The van der Waals surface area contributed by atoms with Gasteiger partial charge in [0.1, 0.15) is 0 Å². The molecule has 0 amide bonds. The molecule has 2 aromatic rings. The van der Waals surface area contributed by atoms with Gasteiger partial charge in [0.2, 0.25) is 0 Å². The summed E-state index contributed by atoms with van der Waals surface area (Å²) in [5.41, 5.74) is 0.0450. The van der Waals surface area contributed by atoms with Gasteiger partial charge in [-0.15, -0.1) is 0 Å². The number of halogens is 3. The lowest BCUT2D eigenvalue weighted by atomic mass is 9.96. The fourth-order valence-corrected chi connectivity index (χ4v) is 2.34. The summed E-state index contributed by atoms with van der Waals surface area (Å²) in [7, 11) is 0. The summed E-state index contributed by atoms with van der Waals surface area (Å²) < 4.78 is 47.0. The van der Waals surface area contributed by atoms with Gasteiger partial charge in [-0.3, -0.25) is 4.79 Å². The zero-order valence-electron chi connectivity index (χ0n) is 13.0. The highest BCUT2D eigenvalue weighted by molar-refractivity contribution is 5.76. The van der Waals surface area contributed by atoms with E-state index in [1.54, 1.807) is 13.0 Å². The van der Waals surface area contributed by atoms with Crippen LogP contribution in [-0.2, 0) is 10.7 Å². The first-order chi connectivity index (χ1) is 11.3. The van der Waals surface area contributed by atoms with E-state index in [9.17, 15) is 18.0 Å². The maximum absolute atomic E-state index is 14.0. The summed E-state index contributed by atoms with van der Waals surface area (Å²) >= 11 is 0. The number of hydrogen-bond donors (Lipinski definition) is 1. The van der Waals surface area contributed by atoms with Gasteiger partial charge in [-0.05, 0) is 24.1 Å². The van der Waals surface area contributed by atoms with E-state index in [4.69, 9.17) is 9.84 Å². The van der Waals surface area contributed by atoms with Crippen LogP contribution in [0.5, 0.6) is 5.75 Å². The van der Waals surface area contributed by atoms with Gasteiger partial charge in [0.05, 0.1) is 5.92 Å². The zero-order valence-corrected chi connectivity index (χ0v) is 13.0. The van der Waals surface area contributed by atoms with Crippen molar-refractivity contribution in [2.75, 3.05) is 6.61 Å². The fourth-order valence-electron chi connectivity index (χ4n) is 2.34. The van der Waals surface area contributed by atoms with E-state index in [-0.39, 0.29) is 16.9 Å². The van der Waals surface area contributed by atoms with E-state index in [1.807, 2.05) is 0 Å². The summed E-state index contributed by atoms with van der Waals surface area (Å²) in [5.74, 6) is -6.38. The third-order valence-electron chi connectivity index (χ3n) is 3.67. The smallest absolute Gasteiger partial charge is 0.310 e. The first-order valence-corrected chi connectivity index (χ1v) is 7.43. The van der Waals surface area contributed by atoms with Crippen molar-refractivity contribution in [1.29, 1.82) is 0 Å². The number of hydrogen-bond acceptors (Lipinski definition) is 2. The Hall–Kier alpha value is -2.50. The van der Waals surface area contributed by atoms with Crippen LogP contribution in [-0.4, -0.2) is 17.7 Å². The minimum atomic E-state index is -3.26. The van der Waals surface area contributed by atoms with Gasteiger partial charge in [-0.1, -0.05) is 43.3 Å². The van der Waals surface area contributed by atoms with E-state index >= 15 is 0 Å². The van der Waals surface area contributed by atoms with Crippen LogP contribution in [0.1, 0.15) is 30.4 Å². The predicted octanol–water partition coefficient (Wildman–Crippen LogP) is 4.57. The number of alkyl halides is 2. The quantitative estimate of drug-likeness (QED) is 0.804. The Balaban J connectivity index is 2.12. The van der Waals surface area contributed by atoms with Crippen LogP contribution in [0.2, 0.25) is 0 Å². The molecule has 0 saturated heterocycles. The average Bonchev–Trinajstić information content (AvgIpc) is 2.55. The zero-order chi connectivity index (χ0) is 17.7. The number of benzene rings is 2. The summed E-state index contributed by atoms with van der Waals surface area (Å²) in [6.45, 7) is 0.658. The van der Waals surface area contributed by atoms with Gasteiger partial charge in [-0.2, -0.15) is 8.78 Å². The summed E-state index contributed by atoms with van der Waals surface area (Å²) in [6, 6.07) is 10.7. The van der Waals surface area contributed by atoms with Gasteiger partial charge in [0.25, 0.3) is 0 Å². The standard InChI is InChI=1S/C18H17F3O3/c1-2-14(17(22)23)12-8-9-16(15(19)10-12)24-11-18(20,21)13-6-4-3-5-7-13/h3-10,14H,2,11H2,1H3,(H,22,23). The third-order valence-corrected chi connectivity index (χ3v) is 3.67. The molecule has 0 spiro atoms. The van der Waals surface area contributed by atoms with Crippen molar-refractivity contribution in [2.45, 2.75) is 25.2 Å². The second-order valence-corrected chi connectivity index (χ2v) is 5.35. The minimum Gasteiger partial charge on any atom is -0.484 e. The number of carboxylic acids is 1. The van der Waals surface area contributed by atoms with Crippen LogP contribution in [0, 0.1) is 5.82 Å². The SMILES string of the molecule is CCC(C(=O)O)c1ccc(OCC(F)(F)c2ccccc2)c(F)c1. The molecule has 1 atom stereocenters. The highest BCUT2D eigenvalue weighted by Crippen LogP contribution is 2.30. The Morgan fingerprint density at radius 2 is 1.88 bits per heavy atom. The highest BCUT2D eigenvalue weighted by Gasteiger charge is 2.32. The summed E-state index contributed by atoms with van der Waals surface area (Å²) in [5, 5.41) is 9.07. The van der Waals surface area contributed by atoms with Crippen LogP contribution in [0.25, 0.3) is 0 Å². The Kier molecular flexibility index (Phi) is 5.49. The molecular formula is C18H17F3O3. The molecule has 0 aliphatic heterocycles. The maximum atomic E-state index is 14.0. The van der Waals surface area contributed by atoms with Crippen LogP contribution >= 0.6 is 0 Å². The molecule has 0 bridgehead atoms. The molecule has 0 aliphatic rings. The van der Waals surface area contributed by atoms with E-state index in [0.717, 1.165) is 6.07 Å². The van der Waals surface area contributed by atoms with Gasteiger partial charge in [0, 0.05) is 5.56 Å². The largest absolute Gasteiger partial charge is 0.484 e. The molecule has 128 valence electrons. The monoisotopic (exact) mass is 338 g/mol. The number of carboxylic acid groups (broad SMARTS) is 1. The van der Waals surface area contributed by atoms with E-state index in [0.29, 0.717) is 6.42 Å². The third kappa shape index (κ3) is 4.07.